The van der Waals surface area contributed by atoms with Gasteiger partial charge in [0.15, 0.2) is 0 Å². The second kappa shape index (κ2) is 32.6. The van der Waals surface area contributed by atoms with Crippen LogP contribution in [0.1, 0.15) is 277 Å². The monoisotopic (exact) mass is 1440 g/mol. The number of carbonyl (C=O) groups excluding carboxylic acids is 4. The summed E-state index contributed by atoms with van der Waals surface area (Å²) >= 11 is 0. The fourth-order valence-electron chi connectivity index (χ4n) is 26.6. The van der Waals surface area contributed by atoms with Crippen LogP contribution >= 0.6 is 0 Å². The van der Waals surface area contributed by atoms with E-state index in [1.165, 1.54) is 87.9 Å². The molecule has 0 aromatic carbocycles. The van der Waals surface area contributed by atoms with Crippen molar-refractivity contribution >= 4 is 36.1 Å². The Morgan fingerprint density at radius 2 is 0.709 bits per heavy atom. The lowest BCUT2D eigenvalue weighted by Gasteiger charge is -2.56. The summed E-state index contributed by atoms with van der Waals surface area (Å²) in [6.45, 7) is 48.7. The lowest BCUT2D eigenvalue weighted by molar-refractivity contribution is -0.162. The van der Waals surface area contributed by atoms with E-state index in [1.807, 2.05) is 0 Å². The summed E-state index contributed by atoms with van der Waals surface area (Å²) in [4.78, 5) is 71.3. The molecule has 14 nitrogen and oxygen atoms in total. The van der Waals surface area contributed by atoms with Crippen LogP contribution in [0.4, 0.5) is 0 Å². The molecular formula is C89H142O14. The molecule has 0 amide bonds. The molecule has 0 aromatic heterocycles. The van der Waals surface area contributed by atoms with Crippen LogP contribution in [-0.2, 0) is 43.0 Å². The number of aliphatic carboxylic acids is 2. The molecule has 5 N–H and O–H groups in total. The highest BCUT2D eigenvalue weighted by atomic mass is 16.5. The predicted molar refractivity (Wildman–Crippen MR) is 405 cm³/mol. The van der Waals surface area contributed by atoms with Gasteiger partial charge in [-0.05, 0) is 299 Å². The number of allylic oxidation sites excluding steroid dienone is 4. The minimum atomic E-state index is -0.685. The first-order valence-corrected chi connectivity index (χ1v) is 41.2. The predicted octanol–water partition coefficient (Wildman–Crippen LogP) is 18.5. The Hall–Kier alpha value is -4.14. The van der Waals surface area contributed by atoms with Gasteiger partial charge < -0.3 is 44.5 Å². The standard InChI is InChI=1S/C23H36O4.C23H38O3.C23H36O3.C20H32O4/c1-14-8-10-23(5,17(12-14)13-27-16(3)24)19-9-11-22(4)15(2)6-7-18(22)20(19)21(25)26;2*1-15-8-10-23(5,18(12-15)14-26-17(3)25)21-9-11-22(4)16(2)6-7-20(22)19(21)13-24;1-12-4-5-15-17(18(23)24)16(7-9-19(12,15)2)20(3)8-6-14(22)10-13(20)11-21/h14,17-20H,2,6-13H2,1,3-5H3,(H,25,26);15,18-21,24H,2,6-14H2,1,3-5H3;13,15,18-21H,2,6-12,14H2,1,3-5H3;13-17,21-22H,1,4-11H2,2-3H3,(H,23,24)/t14-,17+,18-,19-,20-,22+,23-;2*15-,18+,19-,20-,21-,22+,23-;13-,14+,15+,16+,17+,19-,20+/m0001/s1. The summed E-state index contributed by atoms with van der Waals surface area (Å²) < 4.78 is 16.4. The molecule has 0 radical (unpaired) electrons. The van der Waals surface area contributed by atoms with Crippen molar-refractivity contribution in [3.05, 3.63) is 48.6 Å². The molecule has 12 rings (SSSR count). The number of esters is 3. The Morgan fingerprint density at radius 1 is 0.398 bits per heavy atom. The van der Waals surface area contributed by atoms with E-state index in [4.69, 9.17) is 14.2 Å². The molecule has 12 fully saturated rings. The van der Waals surface area contributed by atoms with Crippen molar-refractivity contribution in [2.45, 2.75) is 283 Å². The average molecular weight is 1440 g/mol. The first-order chi connectivity index (χ1) is 48.3. The fourth-order valence-corrected chi connectivity index (χ4v) is 26.6. The van der Waals surface area contributed by atoms with Crippen molar-refractivity contribution in [1.29, 1.82) is 0 Å². The summed E-state index contributed by atoms with van der Waals surface area (Å²) in [5.41, 5.74) is 5.46. The largest absolute Gasteiger partial charge is 0.481 e. The Bertz CT molecular complexity index is 3100. The maximum atomic E-state index is 12.5. The number of ether oxygens (including phenoxy) is 3. The Balaban J connectivity index is 0.000000160. The Kier molecular flexibility index (Phi) is 26.2. The summed E-state index contributed by atoms with van der Waals surface area (Å²) in [5, 5.41) is 50.6. The smallest absolute Gasteiger partial charge is 0.307 e. The van der Waals surface area contributed by atoms with E-state index >= 15 is 0 Å². The number of carboxylic acids is 2. The third-order valence-corrected chi connectivity index (χ3v) is 34.0. The van der Waals surface area contributed by atoms with E-state index in [-0.39, 0.29) is 134 Å². The SMILES string of the molecule is C=C1CC[C@H]2[C@H](C(=O)O)[C@@H]([C@@]3(C)CC[C@H](C)C[C@@H]3COC(C)=O)CC[C@]12C.C=C1CC[C@H]2[C@H](C(=O)O)[C@@H]([C@@]3(C)CC[C@H](O)C[C@@H]3CO)CC[C@]12C.C=C1CC[C@H]2[C@H](C=O)[C@@H]([C@@]3(C)CC[C@H](C)C[C@@H]3COC(C)=O)CC[C@]12C.C=C1CC[C@H]2[C@H](CO)[C@@H]([C@@]3(C)CC[C@H](C)C[C@@H]3COC(C)=O)CC[C@]12C. The van der Waals surface area contributed by atoms with Crippen LogP contribution in [0.2, 0.25) is 0 Å². The Labute approximate surface area is 621 Å². The minimum absolute atomic E-state index is 0.0120. The van der Waals surface area contributed by atoms with Gasteiger partial charge in [0.2, 0.25) is 0 Å². The van der Waals surface area contributed by atoms with Crippen molar-refractivity contribution in [3.63, 3.8) is 0 Å². The van der Waals surface area contributed by atoms with Crippen LogP contribution in [0.5, 0.6) is 0 Å². The molecular weight excluding hydrogens is 1290 g/mol. The topological polar surface area (TPSA) is 231 Å². The lowest BCUT2D eigenvalue weighted by Crippen LogP contribution is -2.53. The number of aliphatic hydroxyl groups is 3. The minimum Gasteiger partial charge on any atom is -0.481 e. The molecule has 0 aromatic rings. The molecule has 0 spiro atoms. The number of fused-ring (bicyclic) bond motifs is 4. The summed E-state index contributed by atoms with van der Waals surface area (Å²) in [5.74, 6) is 3.28. The molecule has 12 aliphatic carbocycles. The highest BCUT2D eigenvalue weighted by Gasteiger charge is 2.63. The highest BCUT2D eigenvalue weighted by molar-refractivity contribution is 5.72. The summed E-state index contributed by atoms with van der Waals surface area (Å²) in [6.07, 6.45) is 29.9. The zero-order chi connectivity index (χ0) is 75.9. The fraction of sp³-hybridized carbons (Fsp3) is 0.843. The van der Waals surface area contributed by atoms with Gasteiger partial charge in [0.1, 0.15) is 6.29 Å². The van der Waals surface area contributed by atoms with Gasteiger partial charge >= 0.3 is 29.8 Å². The van der Waals surface area contributed by atoms with Crippen molar-refractivity contribution in [2.75, 3.05) is 33.0 Å². The molecule has 28 atom stereocenters. The van der Waals surface area contributed by atoms with E-state index in [2.05, 4.69) is 102 Å². The molecule has 14 heteroatoms. The molecule has 0 saturated heterocycles. The van der Waals surface area contributed by atoms with Gasteiger partial charge in [-0.1, -0.05) is 144 Å². The molecule has 0 heterocycles. The molecule has 12 aliphatic rings. The van der Waals surface area contributed by atoms with Gasteiger partial charge in [0, 0.05) is 39.9 Å². The molecule has 0 unspecified atom stereocenters. The van der Waals surface area contributed by atoms with Crippen molar-refractivity contribution in [3.8, 4) is 0 Å². The summed E-state index contributed by atoms with van der Waals surface area (Å²) in [7, 11) is 0. The van der Waals surface area contributed by atoms with Crippen LogP contribution in [0.15, 0.2) is 48.6 Å². The second-order valence-electron chi connectivity index (χ2n) is 39.0. The third kappa shape index (κ3) is 16.0. The van der Waals surface area contributed by atoms with Crippen LogP contribution in [0.3, 0.4) is 0 Å². The van der Waals surface area contributed by atoms with E-state index < -0.39 is 11.9 Å². The number of aldehydes is 1. The Morgan fingerprint density at radius 3 is 1.07 bits per heavy atom. The number of carbonyl (C=O) groups is 6. The number of hydrogen-bond donors (Lipinski definition) is 5. The molecule has 0 bridgehead atoms. The average Bonchev–Trinajstić information content (AvgIpc) is 1.71. The highest BCUT2D eigenvalue weighted by Crippen LogP contribution is 2.69. The van der Waals surface area contributed by atoms with Crippen molar-refractivity contribution in [1.82, 2.24) is 0 Å². The molecule has 582 valence electrons. The normalized spacial score (nSPS) is 46.3. The van der Waals surface area contributed by atoms with E-state index in [1.54, 1.807) is 0 Å². The zero-order valence-corrected chi connectivity index (χ0v) is 66.7. The van der Waals surface area contributed by atoms with Crippen LogP contribution in [-0.4, -0.2) is 101 Å². The second-order valence-corrected chi connectivity index (χ2v) is 39.0. The van der Waals surface area contributed by atoms with Crippen molar-refractivity contribution in [2.24, 2.45) is 156 Å². The lowest BCUT2D eigenvalue weighted by atomic mass is 9.49. The van der Waals surface area contributed by atoms with Crippen LogP contribution < -0.4 is 0 Å². The molecule has 0 aliphatic heterocycles. The molecule has 12 saturated carbocycles. The first kappa shape index (κ1) is 82.9. The van der Waals surface area contributed by atoms with Crippen molar-refractivity contribution < 1.29 is 68.5 Å². The van der Waals surface area contributed by atoms with Gasteiger partial charge in [-0.2, -0.15) is 0 Å². The number of aliphatic hydroxyl groups excluding tert-OH is 3. The number of carboxylic acid groups (broad SMARTS) is 2. The van der Waals surface area contributed by atoms with E-state index in [0.717, 1.165) is 128 Å². The first-order valence-electron chi connectivity index (χ1n) is 41.2. The summed E-state index contributed by atoms with van der Waals surface area (Å²) in [6, 6.07) is 0. The maximum Gasteiger partial charge on any atom is 0.307 e. The zero-order valence-electron chi connectivity index (χ0n) is 66.7. The van der Waals surface area contributed by atoms with Crippen LogP contribution in [0, 0.1) is 156 Å². The van der Waals surface area contributed by atoms with Gasteiger partial charge in [-0.3, -0.25) is 24.0 Å². The number of hydrogen-bond acceptors (Lipinski definition) is 12. The number of rotatable bonds is 15. The van der Waals surface area contributed by atoms with Gasteiger partial charge in [-0.25, -0.2) is 0 Å². The van der Waals surface area contributed by atoms with Gasteiger partial charge in [-0.15, -0.1) is 0 Å². The van der Waals surface area contributed by atoms with Gasteiger partial charge in [0.25, 0.3) is 0 Å². The van der Waals surface area contributed by atoms with Crippen LogP contribution in [0.25, 0.3) is 0 Å². The van der Waals surface area contributed by atoms with E-state index in [0.29, 0.717) is 91.8 Å². The third-order valence-electron chi connectivity index (χ3n) is 34.0. The quantitative estimate of drug-likeness (QED) is 0.0444. The van der Waals surface area contributed by atoms with Gasteiger partial charge in [0.05, 0.1) is 37.8 Å². The molecule has 103 heavy (non-hydrogen) atoms. The van der Waals surface area contributed by atoms with E-state index in [9.17, 15) is 54.3 Å². The maximum absolute atomic E-state index is 12.5.